The summed E-state index contributed by atoms with van der Waals surface area (Å²) in [6.45, 7) is 1.97. The van der Waals surface area contributed by atoms with Crippen LogP contribution in [0.3, 0.4) is 0 Å². The van der Waals surface area contributed by atoms with Crippen LogP contribution in [0.25, 0.3) is 0 Å². The lowest BCUT2D eigenvalue weighted by molar-refractivity contribution is 0.0977. The van der Waals surface area contributed by atoms with E-state index < -0.39 is 11.7 Å². The molecular weight excluding hydrogens is 299 g/mol. The van der Waals surface area contributed by atoms with E-state index >= 15 is 0 Å². The molecule has 2 rings (SSSR count). The Labute approximate surface area is 124 Å². The van der Waals surface area contributed by atoms with E-state index in [4.69, 9.17) is 12.2 Å². The van der Waals surface area contributed by atoms with Crippen molar-refractivity contribution in [1.29, 1.82) is 0 Å². The summed E-state index contributed by atoms with van der Waals surface area (Å²) in [6, 6.07) is 5.19. The summed E-state index contributed by atoms with van der Waals surface area (Å²) < 4.78 is 12.8. The van der Waals surface area contributed by atoms with Gasteiger partial charge < -0.3 is 5.32 Å². The number of hydrogen-bond donors (Lipinski definition) is 2. The van der Waals surface area contributed by atoms with Gasteiger partial charge in [0.2, 0.25) is 5.13 Å². The van der Waals surface area contributed by atoms with E-state index in [1.807, 2.05) is 6.92 Å². The van der Waals surface area contributed by atoms with Gasteiger partial charge in [-0.2, -0.15) is 0 Å². The van der Waals surface area contributed by atoms with E-state index in [0.717, 1.165) is 11.4 Å². The molecule has 0 spiro atoms. The Hall–Kier alpha value is -1.93. The van der Waals surface area contributed by atoms with E-state index in [9.17, 15) is 9.18 Å². The van der Waals surface area contributed by atoms with Crippen molar-refractivity contribution in [3.05, 3.63) is 40.7 Å². The number of carbonyl (C=O) groups excluding carboxylic acids is 1. The average molecular weight is 310 g/mol. The molecule has 1 aromatic heterocycles. The molecule has 1 heterocycles. The second-order valence-electron chi connectivity index (χ2n) is 3.77. The van der Waals surface area contributed by atoms with E-state index in [1.54, 1.807) is 0 Å². The number of amides is 1. The zero-order chi connectivity index (χ0) is 14.5. The van der Waals surface area contributed by atoms with E-state index in [2.05, 4.69) is 20.8 Å². The number of hydrogen-bond acceptors (Lipinski definition) is 5. The van der Waals surface area contributed by atoms with Gasteiger partial charge in [0, 0.05) is 5.56 Å². The Kier molecular flexibility index (Phi) is 4.70. The summed E-state index contributed by atoms with van der Waals surface area (Å²) in [5.41, 5.74) is 0.321. The summed E-state index contributed by atoms with van der Waals surface area (Å²) in [5.74, 6) is -0.814. The summed E-state index contributed by atoms with van der Waals surface area (Å²) in [7, 11) is 0. The van der Waals surface area contributed by atoms with Crippen molar-refractivity contribution in [2.75, 3.05) is 5.32 Å². The fraction of sp³-hybridized carbons (Fsp3) is 0.167. The Morgan fingerprint density at radius 1 is 1.35 bits per heavy atom. The third-order valence-corrected chi connectivity index (χ3v) is 3.51. The highest BCUT2D eigenvalue weighted by Crippen LogP contribution is 2.15. The first-order chi connectivity index (χ1) is 9.58. The van der Waals surface area contributed by atoms with E-state index in [-0.39, 0.29) is 5.11 Å². The maximum Gasteiger partial charge on any atom is 0.257 e. The predicted octanol–water partition coefficient (Wildman–Crippen LogP) is 2.37. The Morgan fingerprint density at radius 2 is 2.05 bits per heavy atom. The molecule has 0 aliphatic carbocycles. The fourth-order valence-electron chi connectivity index (χ4n) is 1.35. The molecule has 104 valence electrons. The minimum Gasteiger partial charge on any atom is -0.307 e. The maximum atomic E-state index is 12.8. The normalized spacial score (nSPS) is 10.1. The van der Waals surface area contributed by atoms with Crippen LogP contribution >= 0.6 is 23.6 Å². The summed E-state index contributed by atoms with van der Waals surface area (Å²) in [6.07, 6.45) is 0.786. The monoisotopic (exact) mass is 310 g/mol. The first-order valence-corrected chi connectivity index (χ1v) is 7.01. The Bertz CT molecular complexity index is 627. The summed E-state index contributed by atoms with van der Waals surface area (Å²) in [5, 5.41) is 14.6. The molecular formula is C12H11FN4OS2. The standard InChI is InChI=1S/C12H11FN4OS2/c1-2-9-16-17-12(20-9)15-11(19)14-10(18)7-3-5-8(13)6-4-7/h3-6H,2H2,1H3,(H2,14,15,17,18,19). The van der Waals surface area contributed by atoms with Crippen molar-refractivity contribution in [3.63, 3.8) is 0 Å². The van der Waals surface area contributed by atoms with Gasteiger partial charge >= 0.3 is 0 Å². The van der Waals surface area contributed by atoms with Gasteiger partial charge in [0.1, 0.15) is 10.8 Å². The van der Waals surface area contributed by atoms with Crippen LogP contribution in [0.15, 0.2) is 24.3 Å². The SMILES string of the molecule is CCc1nnc(NC(=S)NC(=O)c2ccc(F)cc2)s1. The molecule has 0 radical (unpaired) electrons. The van der Waals surface area contributed by atoms with Gasteiger partial charge in [0.05, 0.1) is 0 Å². The molecule has 0 saturated carbocycles. The molecule has 5 nitrogen and oxygen atoms in total. The topological polar surface area (TPSA) is 66.9 Å². The van der Waals surface area contributed by atoms with Crippen LogP contribution in [-0.2, 0) is 6.42 Å². The number of anilines is 1. The lowest BCUT2D eigenvalue weighted by Crippen LogP contribution is -2.34. The molecule has 2 N–H and O–H groups in total. The molecule has 0 fully saturated rings. The van der Waals surface area contributed by atoms with Crippen LogP contribution in [0.2, 0.25) is 0 Å². The van der Waals surface area contributed by atoms with Crippen LogP contribution < -0.4 is 10.6 Å². The van der Waals surface area contributed by atoms with Crippen molar-refractivity contribution in [2.45, 2.75) is 13.3 Å². The molecule has 1 aromatic carbocycles. The van der Waals surface area contributed by atoms with Gasteiger partial charge in [-0.15, -0.1) is 10.2 Å². The molecule has 0 aliphatic heterocycles. The molecule has 2 aromatic rings. The number of aromatic nitrogens is 2. The van der Waals surface area contributed by atoms with Gasteiger partial charge in [-0.3, -0.25) is 10.1 Å². The van der Waals surface area contributed by atoms with Crippen LogP contribution in [0.4, 0.5) is 9.52 Å². The fourth-order valence-corrected chi connectivity index (χ4v) is 2.29. The van der Waals surface area contributed by atoms with Crippen molar-refractivity contribution < 1.29 is 9.18 Å². The van der Waals surface area contributed by atoms with Gasteiger partial charge in [-0.05, 0) is 42.9 Å². The number of halogens is 1. The van der Waals surface area contributed by atoms with E-state index in [1.165, 1.54) is 35.6 Å². The molecule has 20 heavy (non-hydrogen) atoms. The highest BCUT2D eigenvalue weighted by molar-refractivity contribution is 7.80. The molecule has 0 atom stereocenters. The van der Waals surface area contributed by atoms with Gasteiger partial charge in [-0.25, -0.2) is 4.39 Å². The number of nitrogens with one attached hydrogen (secondary N) is 2. The lowest BCUT2D eigenvalue weighted by atomic mass is 10.2. The molecule has 8 heteroatoms. The molecule has 0 bridgehead atoms. The van der Waals surface area contributed by atoms with Crippen molar-refractivity contribution >= 4 is 39.7 Å². The number of thiocarbonyl (C=S) groups is 1. The zero-order valence-corrected chi connectivity index (χ0v) is 12.1. The number of aryl methyl sites for hydroxylation is 1. The third kappa shape index (κ3) is 3.78. The third-order valence-electron chi connectivity index (χ3n) is 2.32. The second kappa shape index (κ2) is 6.49. The maximum absolute atomic E-state index is 12.8. The predicted molar refractivity (Wildman–Crippen MR) is 79.4 cm³/mol. The molecule has 0 aliphatic rings. The van der Waals surface area contributed by atoms with Gasteiger partial charge in [0.25, 0.3) is 5.91 Å². The van der Waals surface area contributed by atoms with Crippen LogP contribution in [0.5, 0.6) is 0 Å². The summed E-state index contributed by atoms with van der Waals surface area (Å²) in [4.78, 5) is 11.8. The van der Waals surface area contributed by atoms with Gasteiger partial charge in [0.15, 0.2) is 5.11 Å². The lowest BCUT2D eigenvalue weighted by Gasteiger charge is -2.06. The number of carbonyl (C=O) groups is 1. The first kappa shape index (κ1) is 14.5. The first-order valence-electron chi connectivity index (χ1n) is 5.78. The highest BCUT2D eigenvalue weighted by Gasteiger charge is 2.09. The second-order valence-corrected chi connectivity index (χ2v) is 5.24. The number of nitrogens with zero attached hydrogens (tertiary/aromatic N) is 2. The van der Waals surface area contributed by atoms with E-state index in [0.29, 0.717) is 10.7 Å². The summed E-state index contributed by atoms with van der Waals surface area (Å²) >= 11 is 6.37. The highest BCUT2D eigenvalue weighted by atomic mass is 32.1. The van der Waals surface area contributed by atoms with Crippen LogP contribution in [-0.4, -0.2) is 21.2 Å². The molecule has 1 amide bonds. The van der Waals surface area contributed by atoms with Crippen molar-refractivity contribution in [2.24, 2.45) is 0 Å². The van der Waals surface area contributed by atoms with Crippen LogP contribution in [0, 0.1) is 5.82 Å². The quantitative estimate of drug-likeness (QED) is 0.852. The van der Waals surface area contributed by atoms with Gasteiger partial charge in [-0.1, -0.05) is 18.3 Å². The minimum atomic E-state index is -0.414. The zero-order valence-electron chi connectivity index (χ0n) is 10.5. The largest absolute Gasteiger partial charge is 0.307 e. The molecule has 0 unspecified atom stereocenters. The van der Waals surface area contributed by atoms with Crippen molar-refractivity contribution in [3.8, 4) is 0 Å². The van der Waals surface area contributed by atoms with Crippen LogP contribution in [0.1, 0.15) is 22.3 Å². The Morgan fingerprint density at radius 3 is 2.65 bits per heavy atom. The average Bonchev–Trinajstić information content (AvgIpc) is 2.86. The number of benzene rings is 1. The van der Waals surface area contributed by atoms with Crippen molar-refractivity contribution in [1.82, 2.24) is 15.5 Å². The minimum absolute atomic E-state index is 0.123. The Balaban J connectivity index is 1.94. The smallest absolute Gasteiger partial charge is 0.257 e. The number of rotatable bonds is 3. The molecule has 0 saturated heterocycles.